The van der Waals surface area contributed by atoms with Crippen molar-refractivity contribution in [3.63, 3.8) is 0 Å². The maximum absolute atomic E-state index is 12.3. The number of hydrogen-bond donors (Lipinski definition) is 0. The van der Waals surface area contributed by atoms with Gasteiger partial charge in [-0.2, -0.15) is 0 Å². The van der Waals surface area contributed by atoms with Crippen molar-refractivity contribution in [1.29, 1.82) is 0 Å². The monoisotopic (exact) mass is 413 g/mol. The van der Waals surface area contributed by atoms with Crippen LogP contribution in [0, 0.1) is 11.8 Å². The molecule has 1 aromatic rings. The molecule has 0 saturated carbocycles. The first-order valence-corrected chi connectivity index (χ1v) is 11.4. The van der Waals surface area contributed by atoms with Gasteiger partial charge in [0.1, 0.15) is 12.2 Å². The van der Waals surface area contributed by atoms with Crippen LogP contribution in [-0.4, -0.2) is 61.8 Å². The number of carbonyl (C=O) groups excluding carboxylic acids is 1. The lowest BCUT2D eigenvalue weighted by Crippen LogP contribution is -2.44. The Hall–Kier alpha value is -2.24. The molecule has 1 amide bonds. The van der Waals surface area contributed by atoms with Gasteiger partial charge in [0.15, 0.2) is 0 Å². The quantitative estimate of drug-likeness (QED) is 0.740. The standard InChI is InChI=1S/C24H35N3O3/c1-24(2,3)30-23(28)27-15-10-19(11-16-27)18-8-13-26(14-9-18)21-6-4-20(5-7-21)22-25-12-17-29-22/h4-7,18-19H,8-17H2,1-3H3. The van der Waals surface area contributed by atoms with E-state index in [9.17, 15) is 4.79 Å². The van der Waals surface area contributed by atoms with Crippen LogP contribution >= 0.6 is 0 Å². The summed E-state index contributed by atoms with van der Waals surface area (Å²) in [5, 5.41) is 0. The Kier molecular flexibility index (Phi) is 6.21. The fourth-order valence-electron chi connectivity index (χ4n) is 4.83. The number of carbonyl (C=O) groups is 1. The molecule has 4 rings (SSSR count). The molecule has 3 heterocycles. The molecule has 0 bridgehead atoms. The smallest absolute Gasteiger partial charge is 0.410 e. The van der Waals surface area contributed by atoms with Crippen molar-refractivity contribution in [2.75, 3.05) is 44.2 Å². The van der Waals surface area contributed by atoms with Gasteiger partial charge >= 0.3 is 6.09 Å². The molecule has 6 heteroatoms. The summed E-state index contributed by atoms with van der Waals surface area (Å²) in [5.41, 5.74) is 1.94. The molecule has 2 fully saturated rings. The molecule has 3 aliphatic heterocycles. The Morgan fingerprint density at radius 1 is 1.00 bits per heavy atom. The van der Waals surface area contributed by atoms with Crippen molar-refractivity contribution < 1.29 is 14.3 Å². The number of aliphatic imine (C=N–C) groups is 1. The van der Waals surface area contributed by atoms with Gasteiger partial charge in [-0.05, 0) is 82.6 Å². The Morgan fingerprint density at radius 2 is 1.60 bits per heavy atom. The van der Waals surface area contributed by atoms with Crippen molar-refractivity contribution in [3.8, 4) is 0 Å². The highest BCUT2D eigenvalue weighted by molar-refractivity contribution is 5.95. The van der Waals surface area contributed by atoms with E-state index < -0.39 is 5.60 Å². The molecule has 0 aromatic heterocycles. The molecule has 1 aromatic carbocycles. The van der Waals surface area contributed by atoms with E-state index in [-0.39, 0.29) is 6.09 Å². The van der Waals surface area contributed by atoms with Crippen LogP contribution in [0.25, 0.3) is 0 Å². The van der Waals surface area contributed by atoms with E-state index >= 15 is 0 Å². The van der Waals surface area contributed by atoms with Crippen LogP contribution < -0.4 is 4.90 Å². The van der Waals surface area contributed by atoms with Gasteiger partial charge in [0.2, 0.25) is 5.90 Å². The second kappa shape index (κ2) is 8.86. The van der Waals surface area contributed by atoms with Gasteiger partial charge in [0.25, 0.3) is 0 Å². The molecule has 0 aliphatic carbocycles. The van der Waals surface area contributed by atoms with Crippen molar-refractivity contribution in [3.05, 3.63) is 29.8 Å². The van der Waals surface area contributed by atoms with Gasteiger partial charge in [0.05, 0.1) is 6.54 Å². The van der Waals surface area contributed by atoms with Crippen molar-refractivity contribution >= 4 is 17.7 Å². The first kappa shape index (κ1) is 21.0. The summed E-state index contributed by atoms with van der Waals surface area (Å²) >= 11 is 0. The molecule has 0 spiro atoms. The van der Waals surface area contributed by atoms with Gasteiger partial charge in [-0.15, -0.1) is 0 Å². The molecule has 0 atom stereocenters. The highest BCUT2D eigenvalue weighted by Gasteiger charge is 2.32. The van der Waals surface area contributed by atoms with E-state index in [1.54, 1.807) is 0 Å². The van der Waals surface area contributed by atoms with Crippen LogP contribution in [0.2, 0.25) is 0 Å². The Labute approximate surface area is 180 Å². The average molecular weight is 414 g/mol. The zero-order valence-electron chi connectivity index (χ0n) is 18.6. The molecule has 0 unspecified atom stereocenters. The number of rotatable bonds is 3. The molecule has 3 aliphatic rings. The lowest BCUT2D eigenvalue weighted by Gasteiger charge is -2.41. The predicted molar refractivity (Wildman–Crippen MR) is 119 cm³/mol. The SMILES string of the molecule is CC(C)(C)OC(=O)N1CCC(C2CCN(c3ccc(C4=NCCO4)cc3)CC2)CC1. The van der Waals surface area contributed by atoms with E-state index in [0.717, 1.165) is 68.9 Å². The van der Waals surface area contributed by atoms with Gasteiger partial charge < -0.3 is 19.3 Å². The Bertz CT molecular complexity index is 753. The minimum atomic E-state index is -0.420. The summed E-state index contributed by atoms with van der Waals surface area (Å²) in [6.07, 6.45) is 4.50. The Balaban J connectivity index is 1.24. The van der Waals surface area contributed by atoms with Crippen LogP contribution in [0.15, 0.2) is 29.3 Å². The maximum atomic E-state index is 12.3. The normalized spacial score (nSPS) is 21.4. The van der Waals surface area contributed by atoms with Crippen LogP contribution in [0.3, 0.4) is 0 Å². The van der Waals surface area contributed by atoms with Crippen LogP contribution in [0.5, 0.6) is 0 Å². The second-order valence-corrected chi connectivity index (χ2v) is 9.71. The predicted octanol–water partition coefficient (Wildman–Crippen LogP) is 4.33. The molecule has 0 radical (unpaired) electrons. The molecular weight excluding hydrogens is 378 g/mol. The van der Waals surface area contributed by atoms with E-state index in [1.165, 1.54) is 18.5 Å². The Morgan fingerprint density at radius 3 is 2.13 bits per heavy atom. The number of hydrogen-bond acceptors (Lipinski definition) is 5. The van der Waals surface area contributed by atoms with Crippen molar-refractivity contribution in [2.45, 2.75) is 52.1 Å². The summed E-state index contributed by atoms with van der Waals surface area (Å²) in [5.74, 6) is 2.27. The fraction of sp³-hybridized carbons (Fsp3) is 0.667. The average Bonchev–Trinajstić information content (AvgIpc) is 3.28. The minimum absolute atomic E-state index is 0.159. The third-order valence-corrected chi connectivity index (χ3v) is 6.46. The first-order chi connectivity index (χ1) is 14.4. The van der Waals surface area contributed by atoms with Crippen LogP contribution in [0.1, 0.15) is 52.0 Å². The minimum Gasteiger partial charge on any atom is -0.476 e. The number of anilines is 1. The number of benzene rings is 1. The second-order valence-electron chi connectivity index (χ2n) is 9.71. The van der Waals surface area contributed by atoms with Crippen LogP contribution in [-0.2, 0) is 9.47 Å². The molecule has 2 saturated heterocycles. The number of nitrogens with zero attached hydrogens (tertiary/aromatic N) is 3. The fourth-order valence-corrected chi connectivity index (χ4v) is 4.83. The molecule has 164 valence electrons. The highest BCUT2D eigenvalue weighted by atomic mass is 16.6. The van der Waals surface area contributed by atoms with Crippen molar-refractivity contribution in [1.82, 2.24) is 4.90 Å². The van der Waals surface area contributed by atoms with Gasteiger partial charge in [0, 0.05) is 37.4 Å². The van der Waals surface area contributed by atoms with Gasteiger partial charge in [-0.25, -0.2) is 9.79 Å². The van der Waals surface area contributed by atoms with E-state index in [1.807, 2.05) is 25.7 Å². The third kappa shape index (κ3) is 5.08. The van der Waals surface area contributed by atoms with Crippen molar-refractivity contribution in [2.24, 2.45) is 16.8 Å². The van der Waals surface area contributed by atoms with Gasteiger partial charge in [-0.3, -0.25) is 0 Å². The summed E-state index contributed by atoms with van der Waals surface area (Å²) in [6.45, 7) is 11.1. The lowest BCUT2D eigenvalue weighted by atomic mass is 9.79. The number of ether oxygens (including phenoxy) is 2. The summed E-state index contributed by atoms with van der Waals surface area (Å²) < 4.78 is 11.1. The molecule has 0 N–H and O–H groups in total. The number of piperidine rings is 2. The van der Waals surface area contributed by atoms with Gasteiger partial charge in [-0.1, -0.05) is 0 Å². The van der Waals surface area contributed by atoms with E-state index in [2.05, 4.69) is 34.2 Å². The third-order valence-electron chi connectivity index (χ3n) is 6.46. The first-order valence-electron chi connectivity index (χ1n) is 11.4. The summed E-state index contributed by atoms with van der Waals surface area (Å²) in [7, 11) is 0. The summed E-state index contributed by atoms with van der Waals surface area (Å²) in [6, 6.07) is 8.63. The lowest BCUT2D eigenvalue weighted by molar-refractivity contribution is 0.0152. The molecule has 6 nitrogen and oxygen atoms in total. The topological polar surface area (TPSA) is 54.4 Å². The largest absolute Gasteiger partial charge is 0.476 e. The molecule has 30 heavy (non-hydrogen) atoms. The van der Waals surface area contributed by atoms with E-state index in [4.69, 9.17) is 9.47 Å². The summed E-state index contributed by atoms with van der Waals surface area (Å²) in [4.78, 5) is 21.1. The number of likely N-dealkylation sites (tertiary alicyclic amines) is 1. The molecular formula is C24H35N3O3. The van der Waals surface area contributed by atoms with E-state index in [0.29, 0.717) is 6.61 Å². The zero-order valence-corrected chi connectivity index (χ0v) is 18.6. The highest BCUT2D eigenvalue weighted by Crippen LogP contribution is 2.34. The maximum Gasteiger partial charge on any atom is 0.410 e. The number of amides is 1. The van der Waals surface area contributed by atoms with Crippen LogP contribution in [0.4, 0.5) is 10.5 Å². The zero-order chi connectivity index (χ0) is 21.1.